The van der Waals surface area contributed by atoms with E-state index < -0.39 is 0 Å². The van der Waals surface area contributed by atoms with E-state index in [1.54, 1.807) is 0 Å². The summed E-state index contributed by atoms with van der Waals surface area (Å²) in [6, 6.07) is 7.64. The van der Waals surface area contributed by atoms with Gasteiger partial charge in [0.1, 0.15) is 0 Å². The Morgan fingerprint density at radius 2 is 1.60 bits per heavy atom. The molecule has 1 atom stereocenters. The number of urea groups is 1. The molecule has 5 nitrogen and oxygen atoms in total. The van der Waals surface area contributed by atoms with Crippen molar-refractivity contribution in [1.82, 2.24) is 16.0 Å². The molecule has 4 bridgehead atoms. The highest BCUT2D eigenvalue weighted by molar-refractivity contribution is 6.30. The Kier molecular flexibility index (Phi) is 5.42. The number of carbonyl (C=O) groups excluding carboxylic acids is 2. The molecule has 5 aliphatic carbocycles. The fraction of sp³-hybridized carbons (Fsp3) is 0.667. The number of rotatable bonds is 7. The van der Waals surface area contributed by atoms with E-state index >= 15 is 0 Å². The molecule has 5 aliphatic rings. The van der Waals surface area contributed by atoms with Crippen LogP contribution in [0.3, 0.4) is 0 Å². The Morgan fingerprint density at radius 3 is 2.17 bits per heavy atom. The first-order valence-corrected chi connectivity index (χ1v) is 12.0. The summed E-state index contributed by atoms with van der Waals surface area (Å²) >= 11 is 5.99. The summed E-state index contributed by atoms with van der Waals surface area (Å²) in [5, 5.41) is 10.1. The number of hydrogen-bond donors (Lipinski definition) is 3. The van der Waals surface area contributed by atoms with Crippen LogP contribution in [0.4, 0.5) is 4.79 Å². The average Bonchev–Trinajstić information content (AvgIpc) is 3.50. The zero-order valence-corrected chi connectivity index (χ0v) is 18.2. The molecular formula is C24H32ClN3O2. The van der Waals surface area contributed by atoms with Gasteiger partial charge in [0, 0.05) is 23.5 Å². The third-order valence-electron chi connectivity index (χ3n) is 7.69. The van der Waals surface area contributed by atoms with E-state index in [0.717, 1.165) is 55.4 Å². The van der Waals surface area contributed by atoms with Crippen LogP contribution in [-0.2, 0) is 4.79 Å². The third-order valence-corrected chi connectivity index (χ3v) is 7.95. The molecule has 1 unspecified atom stereocenters. The van der Waals surface area contributed by atoms with Crippen molar-refractivity contribution in [3.8, 4) is 0 Å². The fourth-order valence-electron chi connectivity index (χ4n) is 6.66. The van der Waals surface area contributed by atoms with Crippen LogP contribution in [0, 0.1) is 23.7 Å². The number of benzene rings is 1. The van der Waals surface area contributed by atoms with Crippen LogP contribution in [-0.4, -0.2) is 24.0 Å². The monoisotopic (exact) mass is 429 g/mol. The van der Waals surface area contributed by atoms with Crippen LogP contribution in [0.25, 0.3) is 0 Å². The van der Waals surface area contributed by atoms with Crippen LogP contribution >= 0.6 is 11.6 Å². The van der Waals surface area contributed by atoms with Gasteiger partial charge < -0.3 is 16.0 Å². The molecule has 0 heterocycles. The number of halogens is 1. The van der Waals surface area contributed by atoms with E-state index in [-0.39, 0.29) is 23.5 Å². The second kappa shape index (κ2) is 8.07. The maximum absolute atomic E-state index is 12.5. The molecule has 6 heteroatoms. The van der Waals surface area contributed by atoms with Crippen LogP contribution < -0.4 is 16.0 Å². The summed E-state index contributed by atoms with van der Waals surface area (Å²) in [4.78, 5) is 25.0. The van der Waals surface area contributed by atoms with Crippen molar-refractivity contribution in [1.29, 1.82) is 0 Å². The molecule has 0 spiro atoms. The Hall–Kier alpha value is -1.75. The summed E-state index contributed by atoms with van der Waals surface area (Å²) in [7, 11) is 0. The molecule has 5 saturated carbocycles. The molecule has 1 aromatic rings. The van der Waals surface area contributed by atoms with E-state index in [0.29, 0.717) is 23.9 Å². The quantitative estimate of drug-likeness (QED) is 0.594. The smallest absolute Gasteiger partial charge is 0.315 e. The van der Waals surface area contributed by atoms with Gasteiger partial charge in [0.15, 0.2) is 0 Å². The Labute approximate surface area is 183 Å². The van der Waals surface area contributed by atoms with E-state index in [9.17, 15) is 9.59 Å². The van der Waals surface area contributed by atoms with Crippen molar-refractivity contribution < 1.29 is 9.59 Å². The van der Waals surface area contributed by atoms with E-state index in [1.165, 1.54) is 19.3 Å². The standard InChI is InChI=1S/C24H32ClN3O2/c25-20-5-3-19(4-6-20)22(18-1-2-18)27-21(29)7-8-26-23(30)28-24-12-15-9-16(13-24)11-17(10-15)14-24/h3-6,15-18,22H,1-2,7-14H2,(H,27,29)(H2,26,28,30). The molecule has 30 heavy (non-hydrogen) atoms. The molecular weight excluding hydrogens is 398 g/mol. The van der Waals surface area contributed by atoms with Gasteiger partial charge >= 0.3 is 6.03 Å². The first-order chi connectivity index (χ1) is 14.5. The first kappa shape index (κ1) is 20.2. The maximum atomic E-state index is 12.5. The van der Waals surface area contributed by atoms with Crippen LogP contribution in [0.1, 0.15) is 69.4 Å². The lowest BCUT2D eigenvalue weighted by atomic mass is 9.53. The molecule has 3 N–H and O–H groups in total. The molecule has 0 saturated heterocycles. The number of hydrogen-bond acceptors (Lipinski definition) is 2. The molecule has 162 valence electrons. The SMILES string of the molecule is O=C(CCNC(=O)NC12CC3CC(CC(C3)C1)C2)NC(c1ccc(Cl)cc1)C1CC1. The molecule has 1 aromatic carbocycles. The van der Waals surface area contributed by atoms with Gasteiger partial charge in [0.05, 0.1) is 6.04 Å². The molecule has 5 fully saturated rings. The Balaban J connectivity index is 1.08. The number of nitrogens with one attached hydrogen (secondary N) is 3. The molecule has 6 rings (SSSR count). The van der Waals surface area contributed by atoms with Crippen LogP contribution in [0.2, 0.25) is 5.02 Å². The summed E-state index contributed by atoms with van der Waals surface area (Å²) in [6.07, 6.45) is 10.1. The molecule has 0 aliphatic heterocycles. The summed E-state index contributed by atoms with van der Waals surface area (Å²) in [6.45, 7) is 0.363. The van der Waals surface area contributed by atoms with E-state index in [2.05, 4.69) is 16.0 Å². The number of amides is 3. The highest BCUT2D eigenvalue weighted by Crippen LogP contribution is 2.55. The first-order valence-electron chi connectivity index (χ1n) is 11.6. The third kappa shape index (κ3) is 4.46. The van der Waals surface area contributed by atoms with Crippen molar-refractivity contribution in [2.45, 2.75) is 69.4 Å². The summed E-state index contributed by atoms with van der Waals surface area (Å²) in [5.41, 5.74) is 1.11. The predicted octanol–water partition coefficient (Wildman–Crippen LogP) is 4.57. The van der Waals surface area contributed by atoms with E-state index in [1.807, 2.05) is 24.3 Å². The highest BCUT2D eigenvalue weighted by Gasteiger charge is 2.51. The van der Waals surface area contributed by atoms with Crippen molar-refractivity contribution >= 4 is 23.5 Å². The Morgan fingerprint density at radius 1 is 1.00 bits per heavy atom. The van der Waals surface area contributed by atoms with Crippen molar-refractivity contribution in [2.75, 3.05) is 6.54 Å². The average molecular weight is 430 g/mol. The van der Waals surface area contributed by atoms with Gasteiger partial charge in [-0.05, 0) is 92.7 Å². The molecule has 0 radical (unpaired) electrons. The van der Waals surface area contributed by atoms with Crippen LogP contribution in [0.5, 0.6) is 0 Å². The zero-order chi connectivity index (χ0) is 20.7. The highest BCUT2D eigenvalue weighted by atomic mass is 35.5. The lowest BCUT2D eigenvalue weighted by molar-refractivity contribution is -0.121. The van der Waals surface area contributed by atoms with Crippen LogP contribution in [0.15, 0.2) is 24.3 Å². The van der Waals surface area contributed by atoms with Crippen molar-refractivity contribution in [2.24, 2.45) is 23.7 Å². The summed E-state index contributed by atoms with van der Waals surface area (Å²) < 4.78 is 0. The summed E-state index contributed by atoms with van der Waals surface area (Å²) in [5.74, 6) is 2.89. The van der Waals surface area contributed by atoms with Gasteiger partial charge in [-0.3, -0.25) is 4.79 Å². The topological polar surface area (TPSA) is 70.2 Å². The van der Waals surface area contributed by atoms with Gasteiger partial charge in [-0.15, -0.1) is 0 Å². The second-order valence-electron chi connectivity index (χ2n) is 10.3. The second-order valence-corrected chi connectivity index (χ2v) is 10.7. The minimum Gasteiger partial charge on any atom is -0.349 e. The minimum atomic E-state index is -0.110. The predicted molar refractivity (Wildman–Crippen MR) is 117 cm³/mol. The lowest BCUT2D eigenvalue weighted by Gasteiger charge is -2.56. The van der Waals surface area contributed by atoms with E-state index in [4.69, 9.17) is 11.6 Å². The zero-order valence-electron chi connectivity index (χ0n) is 17.5. The molecule has 0 aromatic heterocycles. The van der Waals surface area contributed by atoms with Gasteiger partial charge in [0.2, 0.25) is 5.91 Å². The normalized spacial score (nSPS) is 32.5. The van der Waals surface area contributed by atoms with Crippen molar-refractivity contribution in [3.63, 3.8) is 0 Å². The van der Waals surface area contributed by atoms with Gasteiger partial charge in [-0.1, -0.05) is 23.7 Å². The van der Waals surface area contributed by atoms with Crippen molar-refractivity contribution in [3.05, 3.63) is 34.9 Å². The van der Waals surface area contributed by atoms with Gasteiger partial charge in [0.25, 0.3) is 0 Å². The maximum Gasteiger partial charge on any atom is 0.315 e. The van der Waals surface area contributed by atoms with Gasteiger partial charge in [-0.25, -0.2) is 4.79 Å². The lowest BCUT2D eigenvalue weighted by Crippen LogP contribution is -2.61. The Bertz CT molecular complexity index is 770. The largest absolute Gasteiger partial charge is 0.349 e. The minimum absolute atomic E-state index is 0.00669. The fourth-order valence-corrected chi connectivity index (χ4v) is 6.78. The molecule has 3 amide bonds. The number of carbonyl (C=O) groups is 2. The van der Waals surface area contributed by atoms with Gasteiger partial charge in [-0.2, -0.15) is 0 Å².